The molecular weight excluding hydrogens is 276 g/mol. The maximum atomic E-state index is 5.89. The maximum absolute atomic E-state index is 5.89. The number of anilines is 1. The molecule has 0 bridgehead atoms. The summed E-state index contributed by atoms with van der Waals surface area (Å²) in [7, 11) is 0. The molecule has 0 spiro atoms. The fourth-order valence-electron chi connectivity index (χ4n) is 1.63. The molecule has 0 aromatic carbocycles. The molecule has 4 nitrogen and oxygen atoms in total. The van der Waals surface area contributed by atoms with Crippen LogP contribution in [0.3, 0.4) is 0 Å². The summed E-state index contributed by atoms with van der Waals surface area (Å²) in [5, 5.41) is 8.98. The van der Waals surface area contributed by atoms with E-state index >= 15 is 0 Å². The van der Waals surface area contributed by atoms with Crippen LogP contribution in [0.4, 0.5) is 5.95 Å². The highest BCUT2D eigenvalue weighted by atomic mass is 35.5. The van der Waals surface area contributed by atoms with Gasteiger partial charge in [0, 0.05) is 16.7 Å². The molecule has 3 rings (SSSR count). The minimum absolute atomic E-state index is 0.513. The van der Waals surface area contributed by atoms with Gasteiger partial charge in [0.1, 0.15) is 0 Å². The molecule has 1 aliphatic carbocycles. The zero-order chi connectivity index (χ0) is 11.8. The van der Waals surface area contributed by atoms with Gasteiger partial charge in [0.2, 0.25) is 5.95 Å². The monoisotopic (exact) mass is 286 g/mol. The smallest absolute Gasteiger partial charge is 0.222 e. The lowest BCUT2D eigenvalue weighted by atomic mass is 10.5. The van der Waals surface area contributed by atoms with Crippen molar-refractivity contribution < 1.29 is 0 Å². The van der Waals surface area contributed by atoms with Crippen LogP contribution in [0.1, 0.15) is 23.8 Å². The molecule has 1 aliphatic rings. The van der Waals surface area contributed by atoms with Crippen molar-refractivity contribution in [2.75, 3.05) is 5.73 Å². The van der Waals surface area contributed by atoms with E-state index in [1.54, 1.807) is 23.1 Å². The third-order valence-corrected chi connectivity index (χ3v) is 4.98. The second kappa shape index (κ2) is 4.51. The molecule has 2 aromatic heterocycles. The molecule has 2 N–H and O–H groups in total. The van der Waals surface area contributed by atoms with E-state index in [1.165, 1.54) is 17.7 Å². The fraction of sp³-hybridized carbons (Fsp3) is 0.400. The Balaban J connectivity index is 1.72. The van der Waals surface area contributed by atoms with E-state index in [1.807, 2.05) is 16.7 Å². The van der Waals surface area contributed by atoms with Gasteiger partial charge in [-0.3, -0.25) is 4.57 Å². The Labute approximate surface area is 112 Å². The van der Waals surface area contributed by atoms with Gasteiger partial charge in [-0.2, -0.15) is 0 Å². The first kappa shape index (κ1) is 11.4. The molecule has 0 saturated heterocycles. The zero-order valence-corrected chi connectivity index (χ0v) is 11.4. The topological polar surface area (TPSA) is 56.7 Å². The average Bonchev–Trinajstić information content (AvgIpc) is 2.95. The summed E-state index contributed by atoms with van der Waals surface area (Å²) in [4.78, 5) is 1.24. The molecule has 0 atom stereocenters. The number of rotatable bonds is 4. The van der Waals surface area contributed by atoms with Gasteiger partial charge in [0.15, 0.2) is 5.16 Å². The Kier molecular flexibility index (Phi) is 3.02. The summed E-state index contributed by atoms with van der Waals surface area (Å²) in [5.74, 6) is 1.39. The number of hydrogen-bond donors (Lipinski definition) is 1. The normalized spacial score (nSPS) is 15.4. The summed E-state index contributed by atoms with van der Waals surface area (Å²) in [6, 6.07) is 4.47. The Morgan fingerprint density at radius 1 is 1.47 bits per heavy atom. The van der Waals surface area contributed by atoms with Gasteiger partial charge in [-0.25, -0.2) is 0 Å². The van der Waals surface area contributed by atoms with Crippen LogP contribution in [0.25, 0.3) is 0 Å². The molecule has 0 radical (unpaired) electrons. The van der Waals surface area contributed by atoms with Crippen LogP contribution in [0.5, 0.6) is 0 Å². The molecule has 1 saturated carbocycles. The number of hydrogen-bond acceptors (Lipinski definition) is 5. The molecular formula is C10H11ClN4S2. The van der Waals surface area contributed by atoms with E-state index in [2.05, 4.69) is 10.2 Å². The Morgan fingerprint density at radius 2 is 2.29 bits per heavy atom. The van der Waals surface area contributed by atoms with Crippen molar-refractivity contribution in [3.8, 4) is 0 Å². The summed E-state index contributed by atoms with van der Waals surface area (Å²) in [6.07, 6.45) is 2.36. The summed E-state index contributed by atoms with van der Waals surface area (Å²) in [6.45, 7) is 0. The highest BCUT2D eigenvalue weighted by Gasteiger charge is 2.28. The van der Waals surface area contributed by atoms with Crippen LogP contribution in [0.2, 0.25) is 4.34 Å². The van der Waals surface area contributed by atoms with Gasteiger partial charge in [0.25, 0.3) is 0 Å². The van der Waals surface area contributed by atoms with Gasteiger partial charge in [-0.05, 0) is 25.0 Å². The van der Waals surface area contributed by atoms with Gasteiger partial charge < -0.3 is 5.73 Å². The molecule has 17 heavy (non-hydrogen) atoms. The van der Waals surface area contributed by atoms with Crippen LogP contribution < -0.4 is 5.73 Å². The highest BCUT2D eigenvalue weighted by molar-refractivity contribution is 7.98. The number of aromatic nitrogens is 3. The van der Waals surface area contributed by atoms with E-state index in [4.69, 9.17) is 17.3 Å². The van der Waals surface area contributed by atoms with Crippen LogP contribution >= 0.6 is 34.7 Å². The molecule has 0 aliphatic heterocycles. The summed E-state index contributed by atoms with van der Waals surface area (Å²) < 4.78 is 2.86. The van der Waals surface area contributed by atoms with Gasteiger partial charge in [-0.15, -0.1) is 21.5 Å². The Bertz CT molecular complexity index is 532. The van der Waals surface area contributed by atoms with E-state index in [9.17, 15) is 0 Å². The van der Waals surface area contributed by atoms with E-state index in [0.29, 0.717) is 12.0 Å². The lowest BCUT2D eigenvalue weighted by Crippen LogP contribution is -2.02. The third kappa shape index (κ3) is 2.43. The first-order valence-corrected chi connectivity index (χ1v) is 7.49. The van der Waals surface area contributed by atoms with Crippen LogP contribution in [-0.2, 0) is 5.75 Å². The predicted molar refractivity (Wildman–Crippen MR) is 71.6 cm³/mol. The first-order valence-electron chi connectivity index (χ1n) is 5.31. The first-order chi connectivity index (χ1) is 8.24. The molecule has 7 heteroatoms. The van der Waals surface area contributed by atoms with Crippen molar-refractivity contribution in [1.29, 1.82) is 0 Å². The molecule has 2 aromatic rings. The Hall–Kier alpha value is -0.720. The summed E-state index contributed by atoms with van der Waals surface area (Å²) in [5.41, 5.74) is 5.81. The predicted octanol–water partition coefficient (Wildman–Crippen LogP) is 3.20. The number of nitrogen functional groups attached to an aromatic ring is 1. The standard InChI is InChI=1S/C10H11ClN4S2/c11-8-4-3-7(17-8)5-16-10-14-13-9(12)15(10)6-1-2-6/h3-4,6H,1-2,5H2,(H2,12,13). The largest absolute Gasteiger partial charge is 0.368 e. The molecule has 2 heterocycles. The van der Waals surface area contributed by atoms with E-state index in [-0.39, 0.29) is 0 Å². The minimum atomic E-state index is 0.513. The number of nitrogens with two attached hydrogens (primary N) is 1. The quantitative estimate of drug-likeness (QED) is 0.877. The summed E-state index contributed by atoms with van der Waals surface area (Å²) >= 11 is 9.16. The molecule has 0 amide bonds. The average molecular weight is 287 g/mol. The lowest BCUT2D eigenvalue weighted by molar-refractivity contribution is 0.671. The number of nitrogens with zero attached hydrogens (tertiary/aromatic N) is 3. The molecule has 0 unspecified atom stereocenters. The van der Waals surface area contributed by atoms with Crippen molar-refractivity contribution in [1.82, 2.24) is 14.8 Å². The fourth-order valence-corrected chi connectivity index (χ4v) is 3.77. The van der Waals surface area contributed by atoms with Crippen LogP contribution in [-0.4, -0.2) is 14.8 Å². The third-order valence-electron chi connectivity index (χ3n) is 2.58. The molecule has 1 fully saturated rings. The maximum Gasteiger partial charge on any atom is 0.222 e. The van der Waals surface area contributed by atoms with Crippen LogP contribution in [0.15, 0.2) is 17.3 Å². The van der Waals surface area contributed by atoms with Crippen molar-refractivity contribution in [3.63, 3.8) is 0 Å². The molecule has 90 valence electrons. The SMILES string of the molecule is Nc1nnc(SCc2ccc(Cl)s2)n1C1CC1. The van der Waals surface area contributed by atoms with Crippen molar-refractivity contribution in [3.05, 3.63) is 21.3 Å². The van der Waals surface area contributed by atoms with Crippen molar-refractivity contribution in [2.45, 2.75) is 29.8 Å². The number of thioether (sulfide) groups is 1. The minimum Gasteiger partial charge on any atom is -0.368 e. The zero-order valence-electron chi connectivity index (χ0n) is 8.97. The van der Waals surface area contributed by atoms with Crippen molar-refractivity contribution in [2.24, 2.45) is 0 Å². The van der Waals surface area contributed by atoms with Crippen LogP contribution in [0, 0.1) is 0 Å². The van der Waals surface area contributed by atoms with Crippen molar-refractivity contribution >= 4 is 40.6 Å². The number of thiophene rings is 1. The van der Waals surface area contributed by atoms with Gasteiger partial charge >= 0.3 is 0 Å². The Morgan fingerprint density at radius 3 is 2.94 bits per heavy atom. The van der Waals surface area contributed by atoms with E-state index < -0.39 is 0 Å². The second-order valence-electron chi connectivity index (χ2n) is 3.94. The van der Waals surface area contributed by atoms with Gasteiger partial charge in [-0.1, -0.05) is 23.4 Å². The highest BCUT2D eigenvalue weighted by Crippen LogP contribution is 2.40. The number of halogens is 1. The lowest BCUT2D eigenvalue weighted by Gasteiger charge is -2.04. The second-order valence-corrected chi connectivity index (χ2v) is 6.68. The van der Waals surface area contributed by atoms with E-state index in [0.717, 1.165) is 15.2 Å². The van der Waals surface area contributed by atoms with Gasteiger partial charge in [0.05, 0.1) is 4.34 Å².